The van der Waals surface area contributed by atoms with E-state index in [2.05, 4.69) is 0 Å². The molecule has 0 saturated carbocycles. The summed E-state index contributed by atoms with van der Waals surface area (Å²) >= 11 is 0. The van der Waals surface area contributed by atoms with Crippen molar-refractivity contribution in [3.8, 4) is 0 Å². The topological polar surface area (TPSA) is 79.2 Å². The molecule has 0 spiro atoms. The minimum atomic E-state index is -2.37. The molecule has 0 aliphatic carbocycles. The zero-order valence-corrected chi connectivity index (χ0v) is 14.1. The van der Waals surface area contributed by atoms with Gasteiger partial charge in [-0.3, -0.25) is 0 Å². The van der Waals surface area contributed by atoms with Gasteiger partial charge in [0.15, 0.2) is 0 Å². The predicted molar refractivity (Wildman–Crippen MR) is 77.6 cm³/mol. The second-order valence-corrected chi connectivity index (χ2v) is 11.5. The highest BCUT2D eigenvalue weighted by molar-refractivity contribution is 6.74. The number of aliphatic hydroxyl groups excluding tert-OH is 1. The number of nitrogens with zero attached hydrogens (tertiary/aromatic N) is 1. The van der Waals surface area contributed by atoms with E-state index in [9.17, 15) is 15.0 Å². The Morgan fingerprint density at radius 2 is 1.75 bits per heavy atom. The van der Waals surface area contributed by atoms with Crippen molar-refractivity contribution in [2.75, 3.05) is 19.7 Å². The number of likely N-dealkylation sites (tertiary alicyclic amines) is 1. The summed E-state index contributed by atoms with van der Waals surface area (Å²) in [4.78, 5) is 13.4. The first-order chi connectivity index (χ1) is 9.01. The van der Waals surface area contributed by atoms with Gasteiger partial charge < -0.3 is 24.3 Å². The van der Waals surface area contributed by atoms with Crippen LogP contribution in [-0.2, 0) is 9.16 Å². The van der Waals surface area contributed by atoms with Crippen LogP contribution in [0.25, 0.3) is 0 Å². The maximum Gasteiger partial charge on any atom is 0.414 e. The van der Waals surface area contributed by atoms with Gasteiger partial charge in [0.1, 0.15) is 6.61 Å². The summed E-state index contributed by atoms with van der Waals surface area (Å²) < 4.78 is 10.7. The maximum atomic E-state index is 11.9. The van der Waals surface area contributed by atoms with Crippen molar-refractivity contribution in [3.05, 3.63) is 0 Å². The number of hydrogen-bond donors (Lipinski definition) is 2. The van der Waals surface area contributed by atoms with Crippen molar-refractivity contribution in [3.63, 3.8) is 0 Å². The van der Waals surface area contributed by atoms with Crippen LogP contribution in [0, 0.1) is 0 Å². The molecule has 0 bridgehead atoms. The minimum Gasteiger partial charge on any atom is -0.390 e. The molecule has 1 heterocycles. The summed E-state index contributed by atoms with van der Waals surface area (Å²) in [6.45, 7) is 10.3. The average molecular weight is 305 g/mol. The molecule has 0 aromatic heterocycles. The second kappa shape index (κ2) is 6.01. The fourth-order valence-electron chi connectivity index (χ4n) is 1.74. The van der Waals surface area contributed by atoms with Gasteiger partial charge in [0.25, 0.3) is 0 Å². The molecule has 118 valence electrons. The van der Waals surface area contributed by atoms with Crippen LogP contribution in [0.5, 0.6) is 0 Å². The molecule has 6 nitrogen and oxygen atoms in total. The lowest BCUT2D eigenvalue weighted by Crippen LogP contribution is -2.54. The van der Waals surface area contributed by atoms with Crippen molar-refractivity contribution in [2.45, 2.75) is 57.7 Å². The molecule has 0 radical (unpaired) electrons. The van der Waals surface area contributed by atoms with Gasteiger partial charge in [-0.15, -0.1) is 0 Å². The van der Waals surface area contributed by atoms with Crippen LogP contribution in [0.1, 0.15) is 33.6 Å². The van der Waals surface area contributed by atoms with E-state index in [1.807, 2.05) is 33.9 Å². The summed E-state index contributed by atoms with van der Waals surface area (Å²) in [6, 6.07) is 0. The Labute approximate surface area is 121 Å². The van der Waals surface area contributed by atoms with Crippen LogP contribution in [-0.4, -0.2) is 55.2 Å². The third kappa shape index (κ3) is 4.18. The SMILES string of the molecule is CC(C)(C)[Si](C)(C)O[C@@](O)(CO)OC(=O)N1CCCC1. The first-order valence-electron chi connectivity index (χ1n) is 7.02. The summed E-state index contributed by atoms with van der Waals surface area (Å²) in [6.07, 6.45) is 1.21. The Morgan fingerprint density at radius 1 is 1.25 bits per heavy atom. The Morgan fingerprint density at radius 3 is 2.15 bits per heavy atom. The van der Waals surface area contributed by atoms with Crippen LogP contribution in [0.4, 0.5) is 4.79 Å². The summed E-state index contributed by atoms with van der Waals surface area (Å²) in [7, 11) is -2.37. The quantitative estimate of drug-likeness (QED) is 0.612. The minimum absolute atomic E-state index is 0.170. The highest BCUT2D eigenvalue weighted by Gasteiger charge is 2.46. The number of carbonyl (C=O) groups is 1. The van der Waals surface area contributed by atoms with Gasteiger partial charge in [0.2, 0.25) is 8.32 Å². The molecule has 7 heteroatoms. The van der Waals surface area contributed by atoms with Crippen molar-refractivity contribution in [1.82, 2.24) is 4.90 Å². The van der Waals surface area contributed by atoms with E-state index in [4.69, 9.17) is 9.16 Å². The first-order valence-corrected chi connectivity index (χ1v) is 9.93. The number of hydrogen-bond acceptors (Lipinski definition) is 5. The van der Waals surface area contributed by atoms with Crippen molar-refractivity contribution < 1.29 is 24.2 Å². The average Bonchev–Trinajstić information content (AvgIpc) is 2.79. The molecule has 0 unspecified atom stereocenters. The molecule has 1 saturated heterocycles. The summed E-state index contributed by atoms with van der Waals surface area (Å²) in [5.41, 5.74) is 0. The van der Waals surface area contributed by atoms with Crippen molar-refractivity contribution >= 4 is 14.4 Å². The molecular weight excluding hydrogens is 278 g/mol. The summed E-state index contributed by atoms with van der Waals surface area (Å²) in [5, 5.41) is 19.4. The molecule has 1 aliphatic rings. The molecule has 1 rings (SSSR count). The maximum absolute atomic E-state index is 11.9. The lowest BCUT2D eigenvalue weighted by molar-refractivity contribution is -0.313. The monoisotopic (exact) mass is 305 g/mol. The lowest BCUT2D eigenvalue weighted by Gasteiger charge is -2.41. The van der Waals surface area contributed by atoms with Crippen molar-refractivity contribution in [2.24, 2.45) is 0 Å². The number of amides is 1. The molecule has 20 heavy (non-hydrogen) atoms. The summed E-state index contributed by atoms with van der Waals surface area (Å²) in [5.74, 6) is -2.26. The van der Waals surface area contributed by atoms with E-state index >= 15 is 0 Å². The molecule has 0 aromatic rings. The highest BCUT2D eigenvalue weighted by Crippen LogP contribution is 2.39. The fraction of sp³-hybridized carbons (Fsp3) is 0.923. The smallest absolute Gasteiger partial charge is 0.390 e. The normalized spacial score (nSPS) is 19.9. The zero-order chi connectivity index (χ0) is 15.6. The fourth-order valence-corrected chi connectivity index (χ4v) is 2.95. The zero-order valence-electron chi connectivity index (χ0n) is 13.1. The standard InChI is InChI=1S/C13H27NO5Si/c1-12(2,3)20(4,5)19-13(17,10-15)18-11(16)14-8-6-7-9-14/h15,17H,6-10H2,1-5H3/t13-/m1/s1. The Balaban J connectivity index is 2.73. The number of rotatable bonds is 4. The first kappa shape index (κ1) is 17.4. The Hall–Kier alpha value is -0.633. The van der Waals surface area contributed by atoms with E-state index in [0.29, 0.717) is 13.1 Å². The molecule has 1 aliphatic heterocycles. The van der Waals surface area contributed by atoms with Crippen LogP contribution < -0.4 is 0 Å². The van der Waals surface area contributed by atoms with E-state index in [1.54, 1.807) is 0 Å². The molecule has 2 N–H and O–H groups in total. The number of aliphatic hydroxyl groups is 2. The van der Waals surface area contributed by atoms with Gasteiger partial charge in [-0.2, -0.15) is 0 Å². The van der Waals surface area contributed by atoms with Gasteiger partial charge in [-0.25, -0.2) is 4.79 Å². The van der Waals surface area contributed by atoms with E-state index < -0.39 is 27.0 Å². The van der Waals surface area contributed by atoms with Gasteiger partial charge in [0, 0.05) is 13.1 Å². The van der Waals surface area contributed by atoms with Crippen LogP contribution in [0.15, 0.2) is 0 Å². The third-order valence-corrected chi connectivity index (χ3v) is 8.47. The molecule has 1 atom stereocenters. The van der Waals surface area contributed by atoms with Crippen LogP contribution in [0.3, 0.4) is 0 Å². The Bertz CT molecular complexity index is 349. The second-order valence-electron chi connectivity index (χ2n) is 6.80. The molecule has 0 aromatic carbocycles. The molecule has 1 fully saturated rings. The Kier molecular flexibility index (Phi) is 5.23. The lowest BCUT2D eigenvalue weighted by atomic mass is 10.2. The largest absolute Gasteiger partial charge is 0.414 e. The van der Waals surface area contributed by atoms with E-state index in [0.717, 1.165) is 12.8 Å². The van der Waals surface area contributed by atoms with Crippen molar-refractivity contribution in [1.29, 1.82) is 0 Å². The number of carbonyl (C=O) groups excluding carboxylic acids is 1. The van der Waals surface area contributed by atoms with Gasteiger partial charge >= 0.3 is 12.1 Å². The van der Waals surface area contributed by atoms with Gasteiger partial charge in [0.05, 0.1) is 0 Å². The molecular formula is C13H27NO5Si. The highest BCUT2D eigenvalue weighted by atomic mass is 28.4. The van der Waals surface area contributed by atoms with E-state index in [-0.39, 0.29) is 5.04 Å². The van der Waals surface area contributed by atoms with Gasteiger partial charge in [-0.1, -0.05) is 20.8 Å². The van der Waals surface area contributed by atoms with Crippen LogP contribution in [0.2, 0.25) is 18.1 Å². The van der Waals surface area contributed by atoms with E-state index in [1.165, 1.54) is 4.90 Å². The van der Waals surface area contributed by atoms with Gasteiger partial charge in [-0.05, 0) is 31.0 Å². The third-order valence-electron chi connectivity index (χ3n) is 4.03. The predicted octanol–water partition coefficient (Wildman–Crippen LogP) is 1.88. The number of ether oxygens (including phenoxy) is 1. The van der Waals surface area contributed by atoms with Crippen LogP contribution >= 0.6 is 0 Å². The molecule has 1 amide bonds.